The number of hydrogen-bond donors (Lipinski definition) is 0. The first-order valence-electron chi connectivity index (χ1n) is 5.39. The van der Waals surface area contributed by atoms with E-state index in [4.69, 9.17) is 9.15 Å². The summed E-state index contributed by atoms with van der Waals surface area (Å²) in [5.41, 5.74) is -0.772. The number of rotatable bonds is 5. The monoisotopic (exact) mass is 222 g/mol. The summed E-state index contributed by atoms with van der Waals surface area (Å²) in [4.78, 5) is 11.9. The normalized spacial score (nSPS) is 14.2. The lowest BCUT2D eigenvalue weighted by Crippen LogP contribution is -2.33. The predicted octanol–water partition coefficient (Wildman–Crippen LogP) is 2.98. The van der Waals surface area contributed by atoms with Crippen LogP contribution < -0.4 is 0 Å². The van der Waals surface area contributed by atoms with Crippen molar-refractivity contribution in [2.45, 2.75) is 32.6 Å². The van der Waals surface area contributed by atoms with Gasteiger partial charge in [-0.3, -0.25) is 4.79 Å². The van der Waals surface area contributed by atoms with Crippen molar-refractivity contribution in [1.29, 1.82) is 0 Å². The third-order valence-electron chi connectivity index (χ3n) is 2.56. The Labute approximate surface area is 96.1 Å². The molecule has 0 saturated heterocycles. The number of allylic oxidation sites excluding steroid dienone is 1. The topological polar surface area (TPSA) is 39.4 Å². The highest BCUT2D eigenvalue weighted by Gasteiger charge is 2.38. The van der Waals surface area contributed by atoms with Crippen LogP contribution in [0.1, 0.15) is 31.8 Å². The van der Waals surface area contributed by atoms with Crippen LogP contribution in [0, 0.1) is 6.92 Å². The van der Waals surface area contributed by atoms with Crippen LogP contribution >= 0.6 is 0 Å². The lowest BCUT2D eigenvalue weighted by Gasteiger charge is -2.23. The largest absolute Gasteiger partial charge is 0.465 e. The van der Waals surface area contributed by atoms with Gasteiger partial charge in [-0.1, -0.05) is 6.08 Å². The van der Waals surface area contributed by atoms with Gasteiger partial charge in [-0.2, -0.15) is 0 Å². The van der Waals surface area contributed by atoms with Crippen molar-refractivity contribution in [2.75, 3.05) is 6.61 Å². The molecule has 1 atom stereocenters. The lowest BCUT2D eigenvalue weighted by atomic mass is 9.84. The molecule has 0 aliphatic carbocycles. The lowest BCUT2D eigenvalue weighted by molar-refractivity contribution is -0.150. The van der Waals surface area contributed by atoms with Gasteiger partial charge in [-0.25, -0.2) is 0 Å². The highest BCUT2D eigenvalue weighted by Crippen LogP contribution is 2.31. The average Bonchev–Trinajstić information content (AvgIpc) is 2.66. The molecule has 0 saturated carbocycles. The molecule has 1 unspecified atom stereocenters. The molecular weight excluding hydrogens is 204 g/mol. The van der Waals surface area contributed by atoms with Crippen LogP contribution in [-0.4, -0.2) is 12.6 Å². The van der Waals surface area contributed by atoms with Gasteiger partial charge in [0.1, 0.15) is 16.9 Å². The van der Waals surface area contributed by atoms with E-state index in [2.05, 4.69) is 6.58 Å². The highest BCUT2D eigenvalue weighted by molar-refractivity contribution is 5.82. The number of aryl methyl sites for hydroxylation is 1. The zero-order chi connectivity index (χ0) is 12.2. The molecule has 0 amide bonds. The van der Waals surface area contributed by atoms with Crippen molar-refractivity contribution in [2.24, 2.45) is 0 Å². The van der Waals surface area contributed by atoms with Crippen LogP contribution in [0.4, 0.5) is 0 Å². The van der Waals surface area contributed by atoms with E-state index in [1.54, 1.807) is 13.0 Å². The minimum Gasteiger partial charge on any atom is -0.465 e. The molecule has 3 heteroatoms. The summed E-state index contributed by atoms with van der Waals surface area (Å²) in [6.45, 7) is 9.49. The number of furan rings is 1. The summed E-state index contributed by atoms with van der Waals surface area (Å²) in [6, 6.07) is 3.66. The van der Waals surface area contributed by atoms with Crippen LogP contribution in [0.15, 0.2) is 29.2 Å². The third kappa shape index (κ3) is 2.35. The Hall–Kier alpha value is -1.51. The molecule has 0 radical (unpaired) electrons. The van der Waals surface area contributed by atoms with Gasteiger partial charge in [0, 0.05) is 0 Å². The first kappa shape index (κ1) is 12.6. The van der Waals surface area contributed by atoms with Crippen LogP contribution in [-0.2, 0) is 14.9 Å². The van der Waals surface area contributed by atoms with Crippen molar-refractivity contribution >= 4 is 5.97 Å². The number of carbonyl (C=O) groups is 1. The highest BCUT2D eigenvalue weighted by atomic mass is 16.5. The molecule has 0 spiro atoms. The second-order valence-electron chi connectivity index (χ2n) is 3.96. The Balaban J connectivity index is 3.05. The van der Waals surface area contributed by atoms with E-state index >= 15 is 0 Å². The maximum Gasteiger partial charge on any atom is 0.319 e. The van der Waals surface area contributed by atoms with Crippen molar-refractivity contribution in [1.82, 2.24) is 0 Å². The maximum absolute atomic E-state index is 11.9. The van der Waals surface area contributed by atoms with E-state index in [9.17, 15) is 4.79 Å². The van der Waals surface area contributed by atoms with Gasteiger partial charge in [0.05, 0.1) is 6.61 Å². The van der Waals surface area contributed by atoms with Crippen molar-refractivity contribution < 1.29 is 13.9 Å². The standard InChI is InChI=1S/C13H18O3/c1-5-9-13(4,12(14)15-6-2)11-8-7-10(3)16-11/h5,7-8H,1,6,9H2,2-4H3. The first-order chi connectivity index (χ1) is 7.54. The molecule has 0 bridgehead atoms. The van der Waals surface area contributed by atoms with Gasteiger partial charge < -0.3 is 9.15 Å². The first-order valence-corrected chi connectivity index (χ1v) is 5.39. The Morgan fingerprint density at radius 3 is 2.75 bits per heavy atom. The molecule has 1 rings (SSSR count). The van der Waals surface area contributed by atoms with E-state index in [0.717, 1.165) is 5.76 Å². The SMILES string of the molecule is C=CCC(C)(C(=O)OCC)c1ccc(C)o1. The minimum atomic E-state index is -0.772. The molecule has 16 heavy (non-hydrogen) atoms. The summed E-state index contributed by atoms with van der Waals surface area (Å²) in [5, 5.41) is 0. The molecule has 88 valence electrons. The molecule has 0 aliphatic heterocycles. The van der Waals surface area contributed by atoms with Gasteiger partial charge in [0.2, 0.25) is 0 Å². The van der Waals surface area contributed by atoms with Gasteiger partial charge in [0.25, 0.3) is 0 Å². The summed E-state index contributed by atoms with van der Waals surface area (Å²) in [6.07, 6.45) is 2.20. The summed E-state index contributed by atoms with van der Waals surface area (Å²) in [7, 11) is 0. The summed E-state index contributed by atoms with van der Waals surface area (Å²) in [5.74, 6) is 1.14. The molecule has 1 aromatic rings. The van der Waals surface area contributed by atoms with E-state index in [0.29, 0.717) is 18.8 Å². The fourth-order valence-electron chi connectivity index (χ4n) is 1.59. The van der Waals surface area contributed by atoms with Gasteiger partial charge >= 0.3 is 5.97 Å². The molecular formula is C13H18O3. The van der Waals surface area contributed by atoms with Crippen molar-refractivity contribution in [3.8, 4) is 0 Å². The molecule has 3 nitrogen and oxygen atoms in total. The van der Waals surface area contributed by atoms with E-state index in [-0.39, 0.29) is 5.97 Å². The van der Waals surface area contributed by atoms with Gasteiger partial charge in [0.15, 0.2) is 0 Å². The quantitative estimate of drug-likeness (QED) is 0.568. The average molecular weight is 222 g/mol. The molecule has 0 aromatic carbocycles. The molecule has 1 heterocycles. The molecule has 0 aliphatic rings. The van der Waals surface area contributed by atoms with Crippen molar-refractivity contribution in [3.05, 3.63) is 36.3 Å². The predicted molar refractivity (Wildman–Crippen MR) is 62.2 cm³/mol. The van der Waals surface area contributed by atoms with E-state index in [1.807, 2.05) is 26.0 Å². The van der Waals surface area contributed by atoms with Crippen LogP contribution in [0.5, 0.6) is 0 Å². The van der Waals surface area contributed by atoms with Crippen LogP contribution in [0.25, 0.3) is 0 Å². The zero-order valence-corrected chi connectivity index (χ0v) is 10.1. The second kappa shape index (κ2) is 5.01. The van der Waals surface area contributed by atoms with Crippen LogP contribution in [0.3, 0.4) is 0 Å². The molecule has 1 aromatic heterocycles. The summed E-state index contributed by atoms with van der Waals surface area (Å²) >= 11 is 0. The number of esters is 1. The van der Waals surface area contributed by atoms with Gasteiger partial charge in [-0.05, 0) is 39.3 Å². The Morgan fingerprint density at radius 1 is 1.62 bits per heavy atom. The number of hydrogen-bond acceptors (Lipinski definition) is 3. The number of carbonyl (C=O) groups excluding carboxylic acids is 1. The molecule has 0 fully saturated rings. The Kier molecular flexibility index (Phi) is 3.93. The van der Waals surface area contributed by atoms with Gasteiger partial charge in [-0.15, -0.1) is 6.58 Å². The van der Waals surface area contributed by atoms with Crippen LogP contribution in [0.2, 0.25) is 0 Å². The molecule has 0 N–H and O–H groups in total. The second-order valence-corrected chi connectivity index (χ2v) is 3.96. The fraction of sp³-hybridized carbons (Fsp3) is 0.462. The number of ether oxygens (including phenoxy) is 1. The maximum atomic E-state index is 11.9. The fourth-order valence-corrected chi connectivity index (χ4v) is 1.59. The Morgan fingerprint density at radius 2 is 2.31 bits per heavy atom. The van der Waals surface area contributed by atoms with Crippen molar-refractivity contribution in [3.63, 3.8) is 0 Å². The Bertz CT molecular complexity index is 378. The van der Waals surface area contributed by atoms with E-state index < -0.39 is 5.41 Å². The minimum absolute atomic E-state index is 0.274. The van der Waals surface area contributed by atoms with E-state index in [1.165, 1.54) is 0 Å². The third-order valence-corrected chi connectivity index (χ3v) is 2.56. The summed E-state index contributed by atoms with van der Waals surface area (Å²) < 4.78 is 10.6. The smallest absolute Gasteiger partial charge is 0.319 e. The zero-order valence-electron chi connectivity index (χ0n) is 10.1.